The topological polar surface area (TPSA) is 81.7 Å². The van der Waals surface area contributed by atoms with E-state index >= 15 is 0 Å². The molecular weight excluding hydrogens is 355 g/mol. The van der Waals surface area contributed by atoms with Crippen molar-refractivity contribution < 1.29 is 37.0 Å². The molecule has 0 saturated heterocycles. The first-order chi connectivity index (χ1) is 12.1. The van der Waals surface area contributed by atoms with Crippen LogP contribution in [0.5, 0.6) is 0 Å². The number of carbonyl (C=O) groups excluding carboxylic acids is 3. The van der Waals surface area contributed by atoms with Crippen LogP contribution >= 0.6 is 0 Å². The summed E-state index contributed by atoms with van der Waals surface area (Å²) in [6, 6.07) is 0. The van der Waals surface area contributed by atoms with Crippen molar-refractivity contribution in [2.75, 3.05) is 7.11 Å². The summed E-state index contributed by atoms with van der Waals surface area (Å²) in [5.41, 5.74) is -4.57. The zero-order valence-corrected chi connectivity index (χ0v) is 14.7. The summed E-state index contributed by atoms with van der Waals surface area (Å²) in [4.78, 5) is 36.1. The third-order valence-corrected chi connectivity index (χ3v) is 4.93. The van der Waals surface area contributed by atoms with Crippen molar-refractivity contribution in [3.8, 4) is 0 Å². The van der Waals surface area contributed by atoms with Crippen molar-refractivity contribution in [2.24, 2.45) is 5.92 Å². The lowest BCUT2D eigenvalue weighted by atomic mass is 9.85. The molecule has 0 aromatic rings. The molecule has 2 aliphatic rings. The van der Waals surface area contributed by atoms with Crippen LogP contribution in [0.25, 0.3) is 0 Å². The number of allylic oxidation sites excluding steroid dienone is 1. The SMILES string of the molecule is COC(=O)C1=C(C)OC(=O)C1(NC(=O)CCC1CCCCC1)C(F)(F)F. The third-order valence-electron chi connectivity index (χ3n) is 4.93. The van der Waals surface area contributed by atoms with Crippen LogP contribution in [-0.2, 0) is 23.9 Å². The molecule has 1 aliphatic heterocycles. The number of esters is 2. The van der Waals surface area contributed by atoms with Crippen LogP contribution in [0, 0.1) is 5.92 Å². The van der Waals surface area contributed by atoms with Gasteiger partial charge in [-0.05, 0) is 19.3 Å². The van der Waals surface area contributed by atoms with Crippen molar-refractivity contribution in [1.29, 1.82) is 0 Å². The molecule has 1 amide bonds. The van der Waals surface area contributed by atoms with Crippen LogP contribution in [0.2, 0.25) is 0 Å². The summed E-state index contributed by atoms with van der Waals surface area (Å²) in [7, 11) is 0.886. The standard InChI is InChI=1S/C17H22F3NO5/c1-10-13(14(23)25-2)16(15(24)26-10,17(18,19)20)21-12(22)9-8-11-6-4-3-5-7-11/h11H,3-9H2,1-2H3,(H,21,22). The summed E-state index contributed by atoms with van der Waals surface area (Å²) >= 11 is 0. The summed E-state index contributed by atoms with van der Waals surface area (Å²) in [6.07, 6.45) is 0.0931. The van der Waals surface area contributed by atoms with Gasteiger partial charge in [0.2, 0.25) is 5.91 Å². The number of cyclic esters (lactones) is 1. The summed E-state index contributed by atoms with van der Waals surface area (Å²) in [5, 5.41) is 1.72. The maximum atomic E-state index is 13.8. The maximum absolute atomic E-state index is 13.8. The van der Waals surface area contributed by atoms with E-state index in [4.69, 9.17) is 0 Å². The largest absolute Gasteiger partial charge is 0.465 e. The number of nitrogens with one attached hydrogen (secondary N) is 1. The molecular formula is C17H22F3NO5. The Morgan fingerprint density at radius 3 is 2.42 bits per heavy atom. The van der Waals surface area contributed by atoms with E-state index in [1.807, 2.05) is 0 Å². The molecule has 6 nitrogen and oxygen atoms in total. The molecule has 0 aromatic heterocycles. The summed E-state index contributed by atoms with van der Waals surface area (Å²) in [6.45, 7) is 1.05. The highest BCUT2D eigenvalue weighted by atomic mass is 19.4. The number of hydrogen-bond acceptors (Lipinski definition) is 5. The number of hydrogen-bond donors (Lipinski definition) is 1. The van der Waals surface area contributed by atoms with Crippen molar-refractivity contribution in [3.63, 3.8) is 0 Å². The first kappa shape index (κ1) is 20.3. The highest BCUT2D eigenvalue weighted by molar-refractivity contribution is 6.07. The van der Waals surface area contributed by atoms with Crippen molar-refractivity contribution >= 4 is 17.8 Å². The zero-order chi connectivity index (χ0) is 19.5. The molecule has 0 aromatic carbocycles. The molecule has 0 bridgehead atoms. The Hall–Kier alpha value is -2.06. The second kappa shape index (κ2) is 7.67. The van der Waals surface area contributed by atoms with Gasteiger partial charge in [0.05, 0.1) is 7.11 Å². The van der Waals surface area contributed by atoms with Gasteiger partial charge in [-0.15, -0.1) is 0 Å². The molecule has 2 rings (SSSR count). The molecule has 1 aliphatic carbocycles. The van der Waals surface area contributed by atoms with Crippen molar-refractivity contribution in [3.05, 3.63) is 11.3 Å². The van der Waals surface area contributed by atoms with Crippen molar-refractivity contribution in [2.45, 2.75) is 63.6 Å². The average Bonchev–Trinajstić information content (AvgIpc) is 2.84. The minimum atomic E-state index is -5.26. The fraction of sp³-hybridized carbons (Fsp3) is 0.706. The molecule has 146 valence electrons. The van der Waals surface area contributed by atoms with Gasteiger partial charge >= 0.3 is 18.1 Å². The zero-order valence-electron chi connectivity index (χ0n) is 14.7. The summed E-state index contributed by atoms with van der Waals surface area (Å²) < 4.78 is 50.3. The van der Waals surface area contributed by atoms with Crippen LogP contribution in [0.3, 0.4) is 0 Å². The Morgan fingerprint density at radius 2 is 1.88 bits per heavy atom. The monoisotopic (exact) mass is 377 g/mol. The average molecular weight is 377 g/mol. The van der Waals surface area contributed by atoms with Gasteiger partial charge in [-0.2, -0.15) is 13.2 Å². The number of alkyl halides is 3. The fourth-order valence-corrected chi connectivity index (χ4v) is 3.56. The highest BCUT2D eigenvalue weighted by Crippen LogP contribution is 2.44. The van der Waals surface area contributed by atoms with Crippen LogP contribution in [-0.4, -0.2) is 36.7 Å². The minimum Gasteiger partial charge on any atom is -0.465 e. The summed E-state index contributed by atoms with van der Waals surface area (Å²) in [5.74, 6) is -4.34. The van der Waals surface area contributed by atoms with E-state index in [1.165, 1.54) is 0 Å². The third kappa shape index (κ3) is 3.71. The number of carbonyl (C=O) groups is 3. The van der Waals surface area contributed by atoms with Crippen molar-refractivity contribution in [1.82, 2.24) is 5.32 Å². The minimum absolute atomic E-state index is 0.163. The van der Waals surface area contributed by atoms with Crippen LogP contribution in [0.1, 0.15) is 51.9 Å². The predicted octanol–water partition coefficient (Wildman–Crippen LogP) is 2.77. The Kier molecular flexibility index (Phi) is 5.98. The van der Waals surface area contributed by atoms with Gasteiger partial charge in [0.25, 0.3) is 5.54 Å². The van der Waals surface area contributed by atoms with Gasteiger partial charge in [0, 0.05) is 6.42 Å². The fourth-order valence-electron chi connectivity index (χ4n) is 3.56. The van der Waals surface area contributed by atoms with E-state index in [-0.39, 0.29) is 12.3 Å². The van der Waals surface area contributed by atoms with Gasteiger partial charge in [0.15, 0.2) is 0 Å². The lowest BCUT2D eigenvalue weighted by molar-refractivity contribution is -0.200. The maximum Gasteiger partial charge on any atom is 0.427 e. The van der Waals surface area contributed by atoms with Gasteiger partial charge in [-0.25, -0.2) is 9.59 Å². The molecule has 1 heterocycles. The van der Waals surface area contributed by atoms with Gasteiger partial charge in [0.1, 0.15) is 11.3 Å². The van der Waals surface area contributed by atoms with Crippen LogP contribution in [0.4, 0.5) is 13.2 Å². The van der Waals surface area contributed by atoms with E-state index in [0.717, 1.165) is 46.1 Å². The number of rotatable bonds is 5. The molecule has 1 N–H and O–H groups in total. The van der Waals surface area contributed by atoms with E-state index in [1.54, 1.807) is 5.32 Å². The number of methoxy groups -OCH3 is 1. The second-order valence-corrected chi connectivity index (χ2v) is 6.65. The Balaban J connectivity index is 2.22. The van der Waals surface area contributed by atoms with Crippen LogP contribution in [0.15, 0.2) is 11.3 Å². The molecule has 1 saturated carbocycles. The van der Waals surface area contributed by atoms with E-state index in [0.29, 0.717) is 6.42 Å². The smallest absolute Gasteiger partial charge is 0.427 e. The lowest BCUT2D eigenvalue weighted by Gasteiger charge is -2.30. The molecule has 1 atom stereocenters. The molecule has 26 heavy (non-hydrogen) atoms. The predicted molar refractivity (Wildman–Crippen MR) is 83.5 cm³/mol. The van der Waals surface area contributed by atoms with Gasteiger partial charge in [-0.3, -0.25) is 4.79 Å². The first-order valence-electron chi connectivity index (χ1n) is 8.53. The molecule has 0 radical (unpaired) electrons. The molecule has 1 unspecified atom stereocenters. The molecule has 0 spiro atoms. The first-order valence-corrected chi connectivity index (χ1v) is 8.53. The highest BCUT2D eigenvalue weighted by Gasteiger charge is 2.70. The molecule has 9 heteroatoms. The van der Waals surface area contributed by atoms with Gasteiger partial charge < -0.3 is 14.8 Å². The Labute approximate surface area is 149 Å². The van der Waals surface area contributed by atoms with E-state index < -0.39 is 40.9 Å². The number of halogens is 3. The second-order valence-electron chi connectivity index (χ2n) is 6.65. The molecule has 1 fully saturated rings. The Bertz CT molecular complexity index is 622. The quantitative estimate of drug-likeness (QED) is 0.745. The normalized spacial score (nSPS) is 24.4. The lowest BCUT2D eigenvalue weighted by Crippen LogP contribution is -2.64. The van der Waals surface area contributed by atoms with Crippen LogP contribution < -0.4 is 5.32 Å². The number of ether oxygens (including phenoxy) is 2. The van der Waals surface area contributed by atoms with E-state index in [9.17, 15) is 27.6 Å². The number of amides is 1. The Morgan fingerprint density at radius 1 is 1.27 bits per heavy atom. The van der Waals surface area contributed by atoms with Gasteiger partial charge in [-0.1, -0.05) is 32.1 Å². The van der Waals surface area contributed by atoms with E-state index in [2.05, 4.69) is 9.47 Å².